The monoisotopic (exact) mass is 354 g/mol. The summed E-state index contributed by atoms with van der Waals surface area (Å²) in [7, 11) is 0. The lowest BCUT2D eigenvalue weighted by Crippen LogP contribution is -2.55. The minimum Gasteiger partial charge on any atom is -0.336 e. The fourth-order valence-corrected chi connectivity index (χ4v) is 3.53. The van der Waals surface area contributed by atoms with Crippen molar-refractivity contribution in [1.82, 2.24) is 20.0 Å². The van der Waals surface area contributed by atoms with Gasteiger partial charge in [-0.1, -0.05) is 34.1 Å². The molecule has 0 unspecified atom stereocenters. The van der Waals surface area contributed by atoms with Gasteiger partial charge in [0.05, 0.1) is 0 Å². The molecule has 2 amide bonds. The van der Waals surface area contributed by atoms with Crippen LogP contribution in [0.2, 0.25) is 0 Å². The second kappa shape index (κ2) is 11.0. The number of amides is 2. The maximum Gasteiger partial charge on any atom is 0.317 e. The summed E-state index contributed by atoms with van der Waals surface area (Å²) in [5.41, 5.74) is 0.0262. The zero-order chi connectivity index (χ0) is 18.9. The van der Waals surface area contributed by atoms with Crippen molar-refractivity contribution in [2.45, 2.75) is 66.3 Å². The minimum absolute atomic E-state index is 0.0262. The summed E-state index contributed by atoms with van der Waals surface area (Å²) in [6.07, 6.45) is 3.90. The molecule has 0 aliphatic carbocycles. The Labute approximate surface area is 156 Å². The van der Waals surface area contributed by atoms with Crippen molar-refractivity contribution in [2.75, 3.05) is 52.4 Å². The van der Waals surface area contributed by atoms with E-state index in [2.05, 4.69) is 56.7 Å². The highest BCUT2D eigenvalue weighted by Gasteiger charge is 2.29. The first-order valence-electron chi connectivity index (χ1n) is 10.3. The van der Waals surface area contributed by atoms with Gasteiger partial charge in [-0.05, 0) is 58.8 Å². The molecule has 0 aromatic carbocycles. The molecule has 0 aromatic heterocycles. The topological polar surface area (TPSA) is 38.8 Å². The first kappa shape index (κ1) is 22.2. The fourth-order valence-electron chi connectivity index (χ4n) is 3.53. The van der Waals surface area contributed by atoms with Gasteiger partial charge in [0.15, 0.2) is 0 Å². The molecule has 25 heavy (non-hydrogen) atoms. The largest absolute Gasteiger partial charge is 0.336 e. The van der Waals surface area contributed by atoms with Gasteiger partial charge in [0.25, 0.3) is 0 Å². The zero-order valence-electron chi connectivity index (χ0n) is 17.6. The van der Waals surface area contributed by atoms with Crippen LogP contribution in [0.3, 0.4) is 0 Å². The molecule has 0 bridgehead atoms. The van der Waals surface area contributed by atoms with Crippen LogP contribution in [-0.4, -0.2) is 78.6 Å². The Balaban J connectivity index is 2.55. The van der Waals surface area contributed by atoms with Crippen molar-refractivity contribution >= 4 is 6.03 Å². The molecule has 0 aromatic rings. The molecule has 1 rings (SSSR count). The summed E-state index contributed by atoms with van der Waals surface area (Å²) >= 11 is 0. The van der Waals surface area contributed by atoms with E-state index in [-0.39, 0.29) is 11.6 Å². The molecule has 0 radical (unpaired) electrons. The van der Waals surface area contributed by atoms with E-state index in [4.69, 9.17) is 0 Å². The Kier molecular flexibility index (Phi) is 9.80. The molecular weight excluding hydrogens is 312 g/mol. The summed E-state index contributed by atoms with van der Waals surface area (Å²) in [5.74, 6) is 0.484. The van der Waals surface area contributed by atoms with E-state index in [1.807, 2.05) is 4.90 Å². The Morgan fingerprint density at radius 2 is 1.68 bits per heavy atom. The van der Waals surface area contributed by atoms with Gasteiger partial charge in [-0.15, -0.1) is 0 Å². The second-order valence-electron chi connectivity index (χ2n) is 8.39. The molecule has 1 fully saturated rings. The van der Waals surface area contributed by atoms with E-state index < -0.39 is 0 Å². The van der Waals surface area contributed by atoms with Crippen molar-refractivity contribution in [2.24, 2.45) is 5.92 Å². The Morgan fingerprint density at radius 1 is 1.08 bits per heavy atom. The van der Waals surface area contributed by atoms with Crippen molar-refractivity contribution < 1.29 is 4.79 Å². The van der Waals surface area contributed by atoms with Crippen LogP contribution in [0.4, 0.5) is 4.79 Å². The standard InChI is InChI=1S/C20H42N4O/c1-7-22(8-2)14-15-23(16-18(3)4)19(25)21-17-20(5,6)24-12-10-9-11-13-24/h18H,7-17H2,1-6H3,(H,21,25). The van der Waals surface area contributed by atoms with E-state index in [9.17, 15) is 4.79 Å². The number of nitrogens with zero attached hydrogens (tertiary/aromatic N) is 3. The molecule has 0 spiro atoms. The van der Waals surface area contributed by atoms with Gasteiger partial charge < -0.3 is 15.1 Å². The third-order valence-electron chi connectivity index (χ3n) is 5.34. The minimum atomic E-state index is 0.0262. The molecule has 1 saturated heterocycles. The fraction of sp³-hybridized carbons (Fsp3) is 0.950. The molecule has 1 N–H and O–H groups in total. The Morgan fingerprint density at radius 3 is 2.20 bits per heavy atom. The zero-order valence-corrected chi connectivity index (χ0v) is 17.6. The second-order valence-corrected chi connectivity index (χ2v) is 8.39. The molecule has 0 atom stereocenters. The normalized spacial score (nSPS) is 16.5. The third-order valence-corrected chi connectivity index (χ3v) is 5.34. The highest BCUT2D eigenvalue weighted by molar-refractivity contribution is 5.74. The number of hydrogen-bond acceptors (Lipinski definition) is 3. The summed E-state index contributed by atoms with van der Waals surface area (Å²) in [6.45, 7) is 20.9. The van der Waals surface area contributed by atoms with E-state index in [0.717, 1.165) is 45.8 Å². The van der Waals surface area contributed by atoms with Gasteiger partial charge in [0, 0.05) is 31.7 Å². The Hall–Kier alpha value is -0.810. The predicted molar refractivity (Wildman–Crippen MR) is 107 cm³/mol. The van der Waals surface area contributed by atoms with Crippen molar-refractivity contribution in [3.05, 3.63) is 0 Å². The van der Waals surface area contributed by atoms with Crippen LogP contribution in [0.25, 0.3) is 0 Å². The number of urea groups is 1. The number of piperidine rings is 1. The van der Waals surface area contributed by atoms with Crippen LogP contribution in [-0.2, 0) is 0 Å². The molecule has 5 heteroatoms. The van der Waals surface area contributed by atoms with Gasteiger partial charge in [0.1, 0.15) is 0 Å². The SMILES string of the molecule is CCN(CC)CCN(CC(C)C)C(=O)NCC(C)(C)N1CCCCC1. The highest BCUT2D eigenvalue weighted by Crippen LogP contribution is 2.19. The molecule has 1 heterocycles. The van der Waals surface area contributed by atoms with Crippen LogP contribution in [0.1, 0.15) is 60.8 Å². The number of likely N-dealkylation sites (tertiary alicyclic amines) is 1. The number of likely N-dealkylation sites (N-methyl/N-ethyl adjacent to an activating group) is 1. The molecule has 1 aliphatic heterocycles. The van der Waals surface area contributed by atoms with Crippen LogP contribution >= 0.6 is 0 Å². The predicted octanol–water partition coefficient (Wildman–Crippen LogP) is 3.26. The lowest BCUT2D eigenvalue weighted by atomic mass is 9.98. The average Bonchev–Trinajstić information content (AvgIpc) is 2.60. The average molecular weight is 355 g/mol. The maximum absolute atomic E-state index is 12.8. The van der Waals surface area contributed by atoms with Gasteiger partial charge >= 0.3 is 6.03 Å². The summed E-state index contributed by atoms with van der Waals surface area (Å²) in [5, 5.41) is 3.21. The molecule has 0 saturated carbocycles. The lowest BCUT2D eigenvalue weighted by molar-refractivity contribution is 0.0932. The summed E-state index contributed by atoms with van der Waals surface area (Å²) < 4.78 is 0. The van der Waals surface area contributed by atoms with Crippen molar-refractivity contribution in [1.29, 1.82) is 0 Å². The quantitative estimate of drug-likeness (QED) is 0.654. The van der Waals surface area contributed by atoms with Crippen LogP contribution < -0.4 is 5.32 Å². The highest BCUT2D eigenvalue weighted by atomic mass is 16.2. The summed E-state index contributed by atoms with van der Waals surface area (Å²) in [6, 6.07) is 0.0888. The van der Waals surface area contributed by atoms with E-state index in [1.54, 1.807) is 0 Å². The van der Waals surface area contributed by atoms with Gasteiger partial charge in [-0.3, -0.25) is 4.90 Å². The smallest absolute Gasteiger partial charge is 0.317 e. The number of carbonyl (C=O) groups is 1. The van der Waals surface area contributed by atoms with Gasteiger partial charge in [-0.25, -0.2) is 4.79 Å². The number of carbonyl (C=O) groups excluding carboxylic acids is 1. The Bertz CT molecular complexity index is 374. The first-order chi connectivity index (χ1) is 11.8. The van der Waals surface area contributed by atoms with Gasteiger partial charge in [-0.2, -0.15) is 0 Å². The van der Waals surface area contributed by atoms with E-state index >= 15 is 0 Å². The van der Waals surface area contributed by atoms with Crippen molar-refractivity contribution in [3.8, 4) is 0 Å². The molecular formula is C20H42N4O. The van der Waals surface area contributed by atoms with E-state index in [1.165, 1.54) is 19.3 Å². The molecule has 5 nitrogen and oxygen atoms in total. The van der Waals surface area contributed by atoms with Gasteiger partial charge in [0.2, 0.25) is 0 Å². The molecule has 148 valence electrons. The number of rotatable bonds is 10. The third kappa shape index (κ3) is 7.95. The van der Waals surface area contributed by atoms with Crippen LogP contribution in [0.15, 0.2) is 0 Å². The summed E-state index contributed by atoms with van der Waals surface area (Å²) in [4.78, 5) is 19.7. The van der Waals surface area contributed by atoms with E-state index in [0.29, 0.717) is 12.5 Å². The number of hydrogen-bond donors (Lipinski definition) is 1. The lowest BCUT2D eigenvalue weighted by Gasteiger charge is -2.41. The number of nitrogens with one attached hydrogen (secondary N) is 1. The van der Waals surface area contributed by atoms with Crippen LogP contribution in [0.5, 0.6) is 0 Å². The van der Waals surface area contributed by atoms with Crippen molar-refractivity contribution in [3.63, 3.8) is 0 Å². The van der Waals surface area contributed by atoms with Crippen LogP contribution in [0, 0.1) is 5.92 Å². The maximum atomic E-state index is 12.8. The molecule has 1 aliphatic rings. The first-order valence-corrected chi connectivity index (χ1v) is 10.3.